The smallest absolute Gasteiger partial charge is 0.257 e. The predicted octanol–water partition coefficient (Wildman–Crippen LogP) is 0.703. The number of benzene rings is 1. The number of hydrogen-bond acceptors (Lipinski definition) is 3. The lowest BCUT2D eigenvalue weighted by Gasteiger charge is -2.07. The highest BCUT2D eigenvalue weighted by Gasteiger charge is 2.01. The van der Waals surface area contributed by atoms with Crippen LogP contribution in [0.1, 0.15) is 12.5 Å². The minimum atomic E-state index is -0.105. The third-order valence-corrected chi connectivity index (χ3v) is 2.08. The summed E-state index contributed by atoms with van der Waals surface area (Å²) in [6, 6.07) is 7.63. The largest absolute Gasteiger partial charge is 0.484 e. The molecule has 0 saturated carbocycles. The van der Waals surface area contributed by atoms with Crippen LogP contribution in [0.4, 0.5) is 0 Å². The summed E-state index contributed by atoms with van der Waals surface area (Å²) in [5.41, 5.74) is 6.59. The van der Waals surface area contributed by atoms with Crippen molar-refractivity contribution in [3.63, 3.8) is 0 Å². The van der Waals surface area contributed by atoms with Crippen molar-refractivity contribution in [3.8, 4) is 5.75 Å². The molecule has 16 heavy (non-hydrogen) atoms. The van der Waals surface area contributed by atoms with Gasteiger partial charge in [0.05, 0.1) is 0 Å². The Morgan fingerprint density at radius 3 is 3.00 bits per heavy atom. The van der Waals surface area contributed by atoms with Crippen LogP contribution in [0.2, 0.25) is 0 Å². The van der Waals surface area contributed by atoms with E-state index in [1.54, 1.807) is 0 Å². The standard InChI is InChI=1S/C12H18N2O2/c1-2-14-12(15)9-16-11-5-3-4-10(8-11)6-7-13/h3-5,8H,2,6-7,9,13H2,1H3,(H,14,15). The number of nitrogens with one attached hydrogen (secondary N) is 1. The molecule has 0 heterocycles. The zero-order valence-electron chi connectivity index (χ0n) is 9.53. The van der Waals surface area contributed by atoms with Crippen LogP contribution in [0.5, 0.6) is 5.75 Å². The van der Waals surface area contributed by atoms with Crippen molar-refractivity contribution in [2.24, 2.45) is 5.73 Å². The van der Waals surface area contributed by atoms with Gasteiger partial charge in [0.1, 0.15) is 5.75 Å². The number of nitrogens with two attached hydrogens (primary N) is 1. The highest BCUT2D eigenvalue weighted by atomic mass is 16.5. The molecule has 1 amide bonds. The molecule has 0 fully saturated rings. The SMILES string of the molecule is CCNC(=O)COc1cccc(CCN)c1. The summed E-state index contributed by atoms with van der Waals surface area (Å²) < 4.78 is 5.35. The molecule has 4 heteroatoms. The van der Waals surface area contributed by atoms with E-state index in [1.807, 2.05) is 31.2 Å². The fourth-order valence-electron chi connectivity index (χ4n) is 1.35. The topological polar surface area (TPSA) is 64.3 Å². The number of likely N-dealkylation sites (N-methyl/N-ethyl adjacent to an activating group) is 1. The number of carbonyl (C=O) groups is 1. The van der Waals surface area contributed by atoms with Crippen LogP contribution < -0.4 is 15.8 Å². The van der Waals surface area contributed by atoms with Gasteiger partial charge in [-0.25, -0.2) is 0 Å². The Hall–Kier alpha value is -1.55. The molecular formula is C12H18N2O2. The lowest BCUT2D eigenvalue weighted by molar-refractivity contribution is -0.122. The van der Waals surface area contributed by atoms with E-state index in [-0.39, 0.29) is 12.5 Å². The molecule has 1 aromatic rings. The summed E-state index contributed by atoms with van der Waals surface area (Å²) in [5.74, 6) is 0.601. The van der Waals surface area contributed by atoms with Gasteiger partial charge in [-0.15, -0.1) is 0 Å². The number of hydrogen-bond donors (Lipinski definition) is 2. The minimum absolute atomic E-state index is 0.0555. The summed E-state index contributed by atoms with van der Waals surface area (Å²) in [7, 11) is 0. The molecule has 0 aliphatic carbocycles. The quantitative estimate of drug-likeness (QED) is 0.744. The summed E-state index contributed by atoms with van der Waals surface area (Å²) in [4.78, 5) is 11.2. The Morgan fingerprint density at radius 1 is 1.50 bits per heavy atom. The highest BCUT2D eigenvalue weighted by molar-refractivity contribution is 5.77. The molecule has 0 spiro atoms. The minimum Gasteiger partial charge on any atom is -0.484 e. The van der Waals surface area contributed by atoms with Crippen LogP contribution in [0, 0.1) is 0 Å². The summed E-state index contributed by atoms with van der Waals surface area (Å²) in [5, 5.41) is 2.67. The van der Waals surface area contributed by atoms with E-state index < -0.39 is 0 Å². The van der Waals surface area contributed by atoms with Gasteiger partial charge in [0, 0.05) is 6.54 Å². The van der Waals surface area contributed by atoms with Crippen molar-refractivity contribution >= 4 is 5.91 Å². The molecule has 0 unspecified atom stereocenters. The average molecular weight is 222 g/mol. The number of rotatable bonds is 6. The lowest BCUT2D eigenvalue weighted by atomic mass is 10.1. The number of carbonyl (C=O) groups excluding carboxylic acids is 1. The van der Waals surface area contributed by atoms with Crippen molar-refractivity contribution in [2.75, 3.05) is 19.7 Å². The van der Waals surface area contributed by atoms with Gasteiger partial charge in [0.2, 0.25) is 0 Å². The molecular weight excluding hydrogens is 204 g/mol. The summed E-state index contributed by atoms with van der Waals surface area (Å²) in [6.07, 6.45) is 0.818. The van der Waals surface area contributed by atoms with Crippen molar-refractivity contribution in [1.29, 1.82) is 0 Å². The number of amides is 1. The summed E-state index contributed by atoms with van der Waals surface area (Å²) >= 11 is 0. The van der Waals surface area contributed by atoms with Gasteiger partial charge in [0.15, 0.2) is 6.61 Å². The van der Waals surface area contributed by atoms with Crippen molar-refractivity contribution < 1.29 is 9.53 Å². The second kappa shape index (κ2) is 6.85. The van der Waals surface area contributed by atoms with Gasteiger partial charge in [-0.2, -0.15) is 0 Å². The molecule has 88 valence electrons. The van der Waals surface area contributed by atoms with Gasteiger partial charge >= 0.3 is 0 Å². The fourth-order valence-corrected chi connectivity index (χ4v) is 1.35. The Bertz CT molecular complexity index is 340. The molecule has 0 saturated heterocycles. The molecule has 0 radical (unpaired) electrons. The Kier molecular flexibility index (Phi) is 5.36. The van der Waals surface area contributed by atoms with Gasteiger partial charge in [-0.3, -0.25) is 4.79 Å². The van der Waals surface area contributed by atoms with E-state index in [1.165, 1.54) is 0 Å². The van der Waals surface area contributed by atoms with Crippen molar-refractivity contribution in [3.05, 3.63) is 29.8 Å². The van der Waals surface area contributed by atoms with Crippen LogP contribution in [0.25, 0.3) is 0 Å². The van der Waals surface area contributed by atoms with E-state index in [0.717, 1.165) is 12.0 Å². The second-order valence-corrected chi connectivity index (χ2v) is 3.43. The third kappa shape index (κ3) is 4.31. The first-order chi connectivity index (χ1) is 7.76. The average Bonchev–Trinajstić information content (AvgIpc) is 2.28. The highest BCUT2D eigenvalue weighted by Crippen LogP contribution is 2.13. The summed E-state index contributed by atoms with van der Waals surface area (Å²) in [6.45, 7) is 3.16. The van der Waals surface area contributed by atoms with Crippen LogP contribution in [0.15, 0.2) is 24.3 Å². The van der Waals surface area contributed by atoms with Gasteiger partial charge in [0.25, 0.3) is 5.91 Å². The van der Waals surface area contributed by atoms with Crippen LogP contribution in [0.3, 0.4) is 0 Å². The van der Waals surface area contributed by atoms with E-state index in [0.29, 0.717) is 18.8 Å². The maximum atomic E-state index is 11.2. The van der Waals surface area contributed by atoms with Crippen molar-refractivity contribution in [1.82, 2.24) is 5.32 Å². The van der Waals surface area contributed by atoms with Gasteiger partial charge in [-0.1, -0.05) is 12.1 Å². The molecule has 1 aromatic carbocycles. The maximum Gasteiger partial charge on any atom is 0.257 e. The first-order valence-electron chi connectivity index (χ1n) is 5.44. The molecule has 0 aromatic heterocycles. The first kappa shape index (κ1) is 12.5. The van der Waals surface area contributed by atoms with E-state index >= 15 is 0 Å². The normalized spacial score (nSPS) is 9.88. The molecule has 0 bridgehead atoms. The fraction of sp³-hybridized carbons (Fsp3) is 0.417. The van der Waals surface area contributed by atoms with Crippen molar-refractivity contribution in [2.45, 2.75) is 13.3 Å². The predicted molar refractivity (Wildman–Crippen MR) is 63.4 cm³/mol. The van der Waals surface area contributed by atoms with Gasteiger partial charge < -0.3 is 15.8 Å². The maximum absolute atomic E-state index is 11.2. The molecule has 0 aliphatic rings. The molecule has 4 nitrogen and oxygen atoms in total. The Morgan fingerprint density at radius 2 is 2.31 bits per heavy atom. The van der Waals surface area contributed by atoms with E-state index in [2.05, 4.69) is 5.32 Å². The third-order valence-electron chi connectivity index (χ3n) is 2.08. The molecule has 0 atom stereocenters. The Labute approximate surface area is 95.8 Å². The van der Waals surface area contributed by atoms with Gasteiger partial charge in [-0.05, 0) is 37.6 Å². The van der Waals surface area contributed by atoms with Crippen LogP contribution in [-0.4, -0.2) is 25.6 Å². The lowest BCUT2D eigenvalue weighted by Crippen LogP contribution is -2.28. The molecule has 0 aliphatic heterocycles. The number of ether oxygens (including phenoxy) is 1. The second-order valence-electron chi connectivity index (χ2n) is 3.43. The Balaban J connectivity index is 2.47. The first-order valence-corrected chi connectivity index (χ1v) is 5.44. The van der Waals surface area contributed by atoms with Crippen LogP contribution >= 0.6 is 0 Å². The zero-order chi connectivity index (χ0) is 11.8. The molecule has 3 N–H and O–H groups in total. The zero-order valence-corrected chi connectivity index (χ0v) is 9.53. The molecule has 1 rings (SSSR count). The monoisotopic (exact) mass is 222 g/mol. The van der Waals surface area contributed by atoms with E-state index in [4.69, 9.17) is 10.5 Å². The van der Waals surface area contributed by atoms with E-state index in [9.17, 15) is 4.79 Å². The van der Waals surface area contributed by atoms with Crippen LogP contribution in [-0.2, 0) is 11.2 Å².